The van der Waals surface area contributed by atoms with Gasteiger partial charge in [-0.25, -0.2) is 9.50 Å². The monoisotopic (exact) mass is 432 g/mol. The van der Waals surface area contributed by atoms with Crippen molar-refractivity contribution in [2.24, 2.45) is 5.92 Å². The van der Waals surface area contributed by atoms with Gasteiger partial charge in [0.15, 0.2) is 11.4 Å². The number of nitrogens with zero attached hydrogens (tertiary/aromatic N) is 3. The Balaban J connectivity index is 0.000000146. The van der Waals surface area contributed by atoms with Crippen LogP contribution in [0.1, 0.15) is 45.4 Å². The highest BCUT2D eigenvalue weighted by molar-refractivity contribution is 5.82. The van der Waals surface area contributed by atoms with Gasteiger partial charge in [0.2, 0.25) is 5.91 Å². The van der Waals surface area contributed by atoms with Crippen LogP contribution >= 0.6 is 0 Å². The van der Waals surface area contributed by atoms with Gasteiger partial charge in [0.05, 0.1) is 6.20 Å². The molecule has 1 aliphatic carbocycles. The molecule has 7 nitrogen and oxygen atoms in total. The van der Waals surface area contributed by atoms with E-state index in [4.69, 9.17) is 4.42 Å². The summed E-state index contributed by atoms with van der Waals surface area (Å²) in [7, 11) is 0. The number of H-pyrrole nitrogens is 1. The third kappa shape index (κ3) is 3.83. The molecule has 1 aromatic carbocycles. The van der Waals surface area contributed by atoms with Gasteiger partial charge < -0.3 is 9.32 Å². The number of amides is 1. The van der Waals surface area contributed by atoms with Crippen LogP contribution in [0.3, 0.4) is 0 Å². The number of aromatic nitrogens is 3. The Morgan fingerprint density at radius 3 is 2.75 bits per heavy atom. The van der Waals surface area contributed by atoms with E-state index in [0.717, 1.165) is 42.5 Å². The van der Waals surface area contributed by atoms with Crippen LogP contribution in [0.25, 0.3) is 28.1 Å². The van der Waals surface area contributed by atoms with E-state index in [9.17, 15) is 9.59 Å². The fourth-order valence-corrected chi connectivity index (χ4v) is 4.62. The van der Waals surface area contributed by atoms with Gasteiger partial charge in [-0.2, -0.15) is 0 Å². The van der Waals surface area contributed by atoms with Gasteiger partial charge >= 0.3 is 0 Å². The van der Waals surface area contributed by atoms with Gasteiger partial charge in [0, 0.05) is 30.0 Å². The zero-order chi connectivity index (χ0) is 22.1. The van der Waals surface area contributed by atoms with E-state index in [1.807, 2.05) is 30.3 Å². The van der Waals surface area contributed by atoms with E-state index in [2.05, 4.69) is 21.9 Å². The molecule has 4 aromatic rings. The minimum atomic E-state index is -0.178. The molecule has 0 spiro atoms. The first-order valence-corrected chi connectivity index (χ1v) is 11.5. The molecule has 6 rings (SSSR count). The number of fused-ring (bicyclic) bond motifs is 2. The Bertz CT molecular complexity index is 1260. The maximum atomic E-state index is 11.9. The molecule has 1 saturated heterocycles. The van der Waals surface area contributed by atoms with Crippen molar-refractivity contribution in [2.75, 3.05) is 6.54 Å². The predicted molar refractivity (Wildman–Crippen MR) is 123 cm³/mol. The standard InChI is InChI=1S/C14H9N3O2.C11H19NO/c18-14-6-5-13-15-8-10(17(13)16-14)12-7-9-3-1-2-4-11(9)19-12;1-2-10-7-4-8-12(10)11(13)9-5-3-6-9/h1-8H,(H,16,18);9-10H,2-8H2,1H3/t;10-/m.1/s1. The molecule has 1 atom stereocenters. The van der Waals surface area contributed by atoms with Crippen molar-refractivity contribution < 1.29 is 9.21 Å². The number of likely N-dealkylation sites (tertiary alicyclic amines) is 1. The first kappa shape index (κ1) is 20.5. The van der Waals surface area contributed by atoms with Crippen molar-refractivity contribution in [3.05, 3.63) is 59.0 Å². The molecule has 166 valence electrons. The summed E-state index contributed by atoms with van der Waals surface area (Å²) in [6, 6.07) is 13.4. The summed E-state index contributed by atoms with van der Waals surface area (Å²) in [5, 5.41) is 3.74. The lowest BCUT2D eigenvalue weighted by Gasteiger charge is -2.32. The van der Waals surface area contributed by atoms with Crippen LogP contribution in [0.2, 0.25) is 0 Å². The van der Waals surface area contributed by atoms with E-state index >= 15 is 0 Å². The molecule has 32 heavy (non-hydrogen) atoms. The van der Waals surface area contributed by atoms with Gasteiger partial charge in [-0.15, -0.1) is 0 Å². The summed E-state index contributed by atoms with van der Waals surface area (Å²) in [4.78, 5) is 29.7. The van der Waals surface area contributed by atoms with Gasteiger partial charge in [-0.1, -0.05) is 31.5 Å². The summed E-state index contributed by atoms with van der Waals surface area (Å²) in [5.41, 5.74) is 2.03. The molecule has 0 bridgehead atoms. The SMILES string of the molecule is CC[C@@H]1CCCN1C(=O)C1CCC1.O=c1ccc2ncc(-c3cc4ccccc4o3)n2[nH]1. The second-order valence-corrected chi connectivity index (χ2v) is 8.66. The highest BCUT2D eigenvalue weighted by atomic mass is 16.3. The third-order valence-corrected chi connectivity index (χ3v) is 6.66. The lowest BCUT2D eigenvalue weighted by Crippen LogP contribution is -2.41. The molecule has 2 aliphatic rings. The van der Waals surface area contributed by atoms with E-state index in [1.165, 1.54) is 25.3 Å². The Labute approximate surface area is 186 Å². The van der Waals surface area contributed by atoms with Crippen LogP contribution in [0.5, 0.6) is 0 Å². The van der Waals surface area contributed by atoms with Crippen LogP contribution in [0.15, 0.2) is 57.9 Å². The van der Waals surface area contributed by atoms with E-state index in [0.29, 0.717) is 29.3 Å². The second kappa shape index (κ2) is 8.65. The van der Waals surface area contributed by atoms with Gasteiger partial charge in [0.1, 0.15) is 11.3 Å². The lowest BCUT2D eigenvalue weighted by molar-refractivity contribution is -0.139. The van der Waals surface area contributed by atoms with Crippen LogP contribution in [-0.2, 0) is 4.79 Å². The van der Waals surface area contributed by atoms with Crippen LogP contribution < -0.4 is 5.56 Å². The Morgan fingerprint density at radius 2 is 2.00 bits per heavy atom. The molecule has 1 N–H and O–H groups in total. The van der Waals surface area contributed by atoms with Crippen molar-refractivity contribution in [3.8, 4) is 11.5 Å². The fourth-order valence-electron chi connectivity index (χ4n) is 4.62. The van der Waals surface area contributed by atoms with E-state index in [1.54, 1.807) is 16.8 Å². The number of rotatable bonds is 3. The highest BCUT2D eigenvalue weighted by Crippen LogP contribution is 2.31. The molecule has 0 unspecified atom stereocenters. The van der Waals surface area contributed by atoms with Crippen LogP contribution in [0.4, 0.5) is 0 Å². The minimum absolute atomic E-state index is 0.178. The molecular formula is C25H28N4O3. The Hall–Kier alpha value is -3.35. The van der Waals surface area contributed by atoms with Crippen molar-refractivity contribution in [2.45, 2.75) is 51.5 Å². The summed E-state index contributed by atoms with van der Waals surface area (Å²) < 4.78 is 7.40. The average Bonchev–Trinajstić information content (AvgIpc) is 3.49. The van der Waals surface area contributed by atoms with Gasteiger partial charge in [-0.3, -0.25) is 14.7 Å². The molecule has 4 heterocycles. The van der Waals surface area contributed by atoms with Crippen LogP contribution in [-0.4, -0.2) is 38.0 Å². The predicted octanol–water partition coefficient (Wildman–Crippen LogP) is 4.62. The summed E-state index contributed by atoms with van der Waals surface area (Å²) in [5.74, 6) is 1.53. The van der Waals surface area contributed by atoms with Crippen molar-refractivity contribution >= 4 is 22.5 Å². The number of nitrogens with one attached hydrogen (secondary N) is 1. The molecule has 1 amide bonds. The number of hydrogen-bond acceptors (Lipinski definition) is 4. The summed E-state index contributed by atoms with van der Waals surface area (Å²) in [6.07, 6.45) is 8.83. The minimum Gasteiger partial charge on any atom is -0.454 e. The molecule has 1 aliphatic heterocycles. The topological polar surface area (TPSA) is 83.6 Å². The van der Waals surface area contributed by atoms with Crippen LogP contribution in [0, 0.1) is 5.92 Å². The quantitative estimate of drug-likeness (QED) is 0.512. The number of benzene rings is 1. The largest absolute Gasteiger partial charge is 0.454 e. The van der Waals surface area contributed by atoms with E-state index in [-0.39, 0.29) is 5.56 Å². The molecule has 0 radical (unpaired) electrons. The van der Waals surface area contributed by atoms with Gasteiger partial charge in [-0.05, 0) is 50.3 Å². The number of para-hydroxylation sites is 1. The van der Waals surface area contributed by atoms with Crippen molar-refractivity contribution in [1.82, 2.24) is 19.5 Å². The summed E-state index contributed by atoms with van der Waals surface area (Å²) in [6.45, 7) is 3.21. The molecule has 2 fully saturated rings. The first-order valence-electron chi connectivity index (χ1n) is 11.5. The van der Waals surface area contributed by atoms with Crippen molar-refractivity contribution in [1.29, 1.82) is 0 Å². The fraction of sp³-hybridized carbons (Fsp3) is 0.400. The number of hydrogen-bond donors (Lipinski definition) is 1. The smallest absolute Gasteiger partial charge is 0.263 e. The number of carbonyl (C=O) groups excluding carboxylic acids is 1. The Kier molecular flexibility index (Phi) is 5.55. The Morgan fingerprint density at radius 1 is 1.16 bits per heavy atom. The normalized spacial score (nSPS) is 18.5. The number of carbonyl (C=O) groups is 1. The second-order valence-electron chi connectivity index (χ2n) is 8.66. The molecule has 3 aromatic heterocycles. The molecule has 7 heteroatoms. The zero-order valence-corrected chi connectivity index (χ0v) is 18.3. The summed E-state index contributed by atoms with van der Waals surface area (Å²) >= 11 is 0. The van der Waals surface area contributed by atoms with Crippen molar-refractivity contribution in [3.63, 3.8) is 0 Å². The highest BCUT2D eigenvalue weighted by Gasteiger charge is 2.34. The molecular weight excluding hydrogens is 404 g/mol. The zero-order valence-electron chi connectivity index (χ0n) is 18.3. The first-order chi connectivity index (χ1) is 15.6. The number of imidazole rings is 1. The maximum absolute atomic E-state index is 11.9. The molecule has 1 saturated carbocycles. The third-order valence-electron chi connectivity index (χ3n) is 6.66. The van der Waals surface area contributed by atoms with E-state index < -0.39 is 0 Å². The van der Waals surface area contributed by atoms with Gasteiger partial charge in [0.25, 0.3) is 5.56 Å². The lowest BCUT2D eigenvalue weighted by atomic mass is 9.84. The number of furan rings is 1. The maximum Gasteiger partial charge on any atom is 0.263 e. The average molecular weight is 433 g/mol. The number of aromatic amines is 1.